The fourth-order valence-electron chi connectivity index (χ4n) is 2.65. The minimum absolute atomic E-state index is 0.194. The molecule has 0 aromatic rings. The van der Waals surface area contributed by atoms with Crippen molar-refractivity contribution in [2.45, 2.75) is 64.5 Å². The number of carbonyl (C=O) groups excluding carboxylic acids is 2. The van der Waals surface area contributed by atoms with E-state index in [9.17, 15) is 9.59 Å². The van der Waals surface area contributed by atoms with E-state index < -0.39 is 5.60 Å². The lowest BCUT2D eigenvalue weighted by Crippen LogP contribution is -2.43. The van der Waals surface area contributed by atoms with E-state index in [4.69, 9.17) is 4.74 Å². The Balaban J connectivity index is 1.73. The van der Waals surface area contributed by atoms with Gasteiger partial charge in [-0.05, 0) is 52.4 Å². The van der Waals surface area contributed by atoms with Gasteiger partial charge in [0.2, 0.25) is 5.91 Å². The van der Waals surface area contributed by atoms with E-state index >= 15 is 0 Å². The van der Waals surface area contributed by atoms with Gasteiger partial charge < -0.3 is 15.4 Å². The van der Waals surface area contributed by atoms with E-state index in [-0.39, 0.29) is 24.0 Å². The maximum Gasteiger partial charge on any atom is 0.407 e. The maximum absolute atomic E-state index is 11.8. The number of ether oxygens (including phenoxy) is 1. The van der Waals surface area contributed by atoms with Crippen molar-refractivity contribution in [1.29, 1.82) is 0 Å². The quantitative estimate of drug-likeness (QED) is 0.830. The maximum atomic E-state index is 11.8. The zero-order chi connectivity index (χ0) is 14.8. The summed E-state index contributed by atoms with van der Waals surface area (Å²) >= 11 is 0. The smallest absolute Gasteiger partial charge is 0.407 e. The van der Waals surface area contributed by atoms with E-state index in [0.717, 1.165) is 32.1 Å². The van der Waals surface area contributed by atoms with Crippen LogP contribution in [0.3, 0.4) is 0 Å². The van der Waals surface area contributed by atoms with E-state index in [1.807, 2.05) is 20.8 Å². The lowest BCUT2D eigenvalue weighted by atomic mass is 10.0. The zero-order valence-corrected chi connectivity index (χ0v) is 12.7. The van der Waals surface area contributed by atoms with Crippen LogP contribution in [0.1, 0.15) is 52.9 Å². The average Bonchev–Trinajstić information content (AvgIpc) is 3.07. The van der Waals surface area contributed by atoms with Crippen LogP contribution in [-0.4, -0.2) is 30.2 Å². The van der Waals surface area contributed by atoms with Crippen LogP contribution < -0.4 is 10.6 Å². The van der Waals surface area contributed by atoms with Crippen LogP contribution in [-0.2, 0) is 9.53 Å². The molecular formula is C15H26N2O3. The van der Waals surface area contributed by atoms with Crippen molar-refractivity contribution in [3.63, 3.8) is 0 Å². The Morgan fingerprint density at radius 1 is 1.15 bits per heavy atom. The number of rotatable bonds is 4. The van der Waals surface area contributed by atoms with Gasteiger partial charge in [-0.3, -0.25) is 4.79 Å². The average molecular weight is 282 g/mol. The molecule has 20 heavy (non-hydrogen) atoms. The molecule has 5 heteroatoms. The summed E-state index contributed by atoms with van der Waals surface area (Å²) in [4.78, 5) is 23.5. The number of hydrogen-bond acceptors (Lipinski definition) is 3. The molecule has 2 rings (SSSR count). The molecule has 2 atom stereocenters. The first kappa shape index (κ1) is 15.1. The minimum Gasteiger partial charge on any atom is -0.444 e. The number of nitrogens with one attached hydrogen (secondary N) is 2. The molecule has 2 amide bonds. The second-order valence-electron chi connectivity index (χ2n) is 6.96. The van der Waals surface area contributed by atoms with Crippen molar-refractivity contribution in [3.8, 4) is 0 Å². The molecule has 0 bridgehead atoms. The SMILES string of the molecule is CC(C)(C)OC(=O)NC[C@@H]1CCC[C@H]1NC(=O)C1CC1. The standard InChI is InChI=1S/C15H26N2O3/c1-15(2,3)20-14(19)16-9-11-5-4-6-12(11)17-13(18)10-7-8-10/h10-12H,4-9H2,1-3H3,(H,16,19)(H,17,18)/t11-,12+/m0/s1. The van der Waals surface area contributed by atoms with Gasteiger partial charge >= 0.3 is 6.09 Å². The van der Waals surface area contributed by atoms with Crippen LogP contribution in [0.15, 0.2) is 0 Å². The highest BCUT2D eigenvalue weighted by Crippen LogP contribution is 2.31. The number of hydrogen-bond donors (Lipinski definition) is 2. The van der Waals surface area contributed by atoms with Gasteiger partial charge in [0.15, 0.2) is 0 Å². The van der Waals surface area contributed by atoms with Crippen LogP contribution >= 0.6 is 0 Å². The Kier molecular flexibility index (Phi) is 4.55. The van der Waals surface area contributed by atoms with E-state index in [1.54, 1.807) is 0 Å². The van der Waals surface area contributed by atoms with Gasteiger partial charge in [0.25, 0.3) is 0 Å². The molecule has 5 nitrogen and oxygen atoms in total. The van der Waals surface area contributed by atoms with Gasteiger partial charge in [-0.25, -0.2) is 4.79 Å². The van der Waals surface area contributed by atoms with Crippen molar-refractivity contribution < 1.29 is 14.3 Å². The number of carbonyl (C=O) groups is 2. The first-order valence-corrected chi connectivity index (χ1v) is 7.62. The highest BCUT2D eigenvalue weighted by molar-refractivity contribution is 5.81. The first-order chi connectivity index (χ1) is 9.35. The van der Waals surface area contributed by atoms with E-state index in [0.29, 0.717) is 12.5 Å². The monoisotopic (exact) mass is 282 g/mol. The largest absolute Gasteiger partial charge is 0.444 e. The molecule has 0 unspecified atom stereocenters. The third-order valence-corrected chi connectivity index (χ3v) is 3.84. The second kappa shape index (κ2) is 6.02. The van der Waals surface area contributed by atoms with Crippen molar-refractivity contribution in [1.82, 2.24) is 10.6 Å². The Hall–Kier alpha value is -1.26. The minimum atomic E-state index is -0.473. The lowest BCUT2D eigenvalue weighted by molar-refractivity contribution is -0.123. The summed E-state index contributed by atoms with van der Waals surface area (Å²) in [6.07, 6.45) is 4.84. The topological polar surface area (TPSA) is 67.4 Å². The van der Waals surface area contributed by atoms with Crippen molar-refractivity contribution >= 4 is 12.0 Å². The van der Waals surface area contributed by atoms with Crippen molar-refractivity contribution in [2.75, 3.05) is 6.54 Å². The van der Waals surface area contributed by atoms with Crippen LogP contribution in [0.4, 0.5) is 4.79 Å². The first-order valence-electron chi connectivity index (χ1n) is 7.62. The third-order valence-electron chi connectivity index (χ3n) is 3.84. The van der Waals surface area contributed by atoms with Gasteiger partial charge in [0.05, 0.1) is 0 Å². The van der Waals surface area contributed by atoms with Gasteiger partial charge in [-0.1, -0.05) is 6.42 Å². The molecule has 2 N–H and O–H groups in total. The van der Waals surface area contributed by atoms with E-state index in [2.05, 4.69) is 10.6 Å². The molecule has 2 aliphatic carbocycles. The van der Waals surface area contributed by atoms with Crippen LogP contribution in [0.25, 0.3) is 0 Å². The summed E-state index contributed by atoms with van der Waals surface area (Å²) in [7, 11) is 0. The molecule has 0 heterocycles. The predicted octanol–water partition coefficient (Wildman–Crippen LogP) is 2.21. The molecule has 0 aromatic carbocycles. The molecule has 0 spiro atoms. The van der Waals surface area contributed by atoms with Crippen LogP contribution in [0.2, 0.25) is 0 Å². The van der Waals surface area contributed by atoms with Gasteiger partial charge in [-0.15, -0.1) is 0 Å². The fourth-order valence-corrected chi connectivity index (χ4v) is 2.65. The highest BCUT2D eigenvalue weighted by Gasteiger charge is 2.34. The van der Waals surface area contributed by atoms with Crippen molar-refractivity contribution in [2.24, 2.45) is 11.8 Å². The Morgan fingerprint density at radius 3 is 2.45 bits per heavy atom. The second-order valence-corrected chi connectivity index (χ2v) is 6.96. The van der Waals surface area contributed by atoms with Crippen LogP contribution in [0.5, 0.6) is 0 Å². The normalized spacial score (nSPS) is 26.1. The summed E-state index contributed by atoms with van der Waals surface area (Å²) in [5, 5.41) is 5.95. The zero-order valence-electron chi connectivity index (χ0n) is 12.7. The molecule has 114 valence electrons. The molecule has 0 aliphatic heterocycles. The summed E-state index contributed by atoms with van der Waals surface area (Å²) in [5.74, 6) is 0.763. The Morgan fingerprint density at radius 2 is 1.85 bits per heavy atom. The van der Waals surface area contributed by atoms with Crippen LogP contribution in [0, 0.1) is 11.8 Å². The lowest BCUT2D eigenvalue weighted by Gasteiger charge is -2.23. The molecule has 0 radical (unpaired) electrons. The van der Waals surface area contributed by atoms with Gasteiger partial charge in [0, 0.05) is 18.5 Å². The summed E-state index contributed by atoms with van der Waals surface area (Å²) in [5.41, 5.74) is -0.473. The number of alkyl carbamates (subject to hydrolysis) is 1. The Bertz CT molecular complexity index is 372. The predicted molar refractivity (Wildman–Crippen MR) is 76.2 cm³/mol. The summed E-state index contributed by atoms with van der Waals surface area (Å²) in [6, 6.07) is 0.207. The summed E-state index contributed by atoms with van der Waals surface area (Å²) in [6.45, 7) is 6.12. The fraction of sp³-hybridized carbons (Fsp3) is 0.867. The number of amides is 2. The molecular weight excluding hydrogens is 256 g/mol. The van der Waals surface area contributed by atoms with E-state index in [1.165, 1.54) is 0 Å². The van der Waals surface area contributed by atoms with Gasteiger partial charge in [0.1, 0.15) is 5.60 Å². The molecule has 2 fully saturated rings. The molecule has 0 saturated heterocycles. The summed E-state index contributed by atoms with van der Waals surface area (Å²) < 4.78 is 5.22. The van der Waals surface area contributed by atoms with Gasteiger partial charge in [-0.2, -0.15) is 0 Å². The third kappa shape index (κ3) is 4.69. The highest BCUT2D eigenvalue weighted by atomic mass is 16.6. The molecule has 2 saturated carbocycles. The molecule has 2 aliphatic rings. The Labute approximate surface area is 120 Å². The molecule has 0 aromatic heterocycles. The van der Waals surface area contributed by atoms with Crippen molar-refractivity contribution in [3.05, 3.63) is 0 Å².